The van der Waals surface area contributed by atoms with Gasteiger partial charge in [-0.25, -0.2) is 4.68 Å². The summed E-state index contributed by atoms with van der Waals surface area (Å²) in [6, 6.07) is 14.4. The Balaban J connectivity index is 1.58. The van der Waals surface area contributed by atoms with Gasteiger partial charge < -0.3 is 14.8 Å². The van der Waals surface area contributed by atoms with Crippen LogP contribution in [0.3, 0.4) is 0 Å². The summed E-state index contributed by atoms with van der Waals surface area (Å²) < 4.78 is 13.2. The monoisotopic (exact) mass is 441 g/mol. The van der Waals surface area contributed by atoms with E-state index in [4.69, 9.17) is 14.6 Å². The number of Topliss-reactive ketones (excluding diaryl/α,β-unsaturated/α-hetero) is 1. The number of fused-ring (bicyclic) bond motifs is 2. The van der Waals surface area contributed by atoms with Crippen molar-refractivity contribution < 1.29 is 14.3 Å². The van der Waals surface area contributed by atoms with Gasteiger partial charge in [-0.05, 0) is 55.5 Å². The minimum absolute atomic E-state index is 0.0936. The third kappa shape index (κ3) is 3.16. The maximum Gasteiger partial charge on any atom is 0.231 e. The maximum atomic E-state index is 13.5. The largest absolute Gasteiger partial charge is 0.454 e. The third-order valence-electron chi connectivity index (χ3n) is 6.88. The highest BCUT2D eigenvalue weighted by molar-refractivity contribution is 6.01. The summed E-state index contributed by atoms with van der Waals surface area (Å²) in [6.45, 7) is 8.64. The van der Waals surface area contributed by atoms with Crippen LogP contribution in [0.5, 0.6) is 11.5 Å². The second-order valence-electron chi connectivity index (χ2n) is 10.1. The number of anilines is 1. The number of allylic oxidation sites excluding steroid dienone is 2. The summed E-state index contributed by atoms with van der Waals surface area (Å²) >= 11 is 0. The molecule has 1 aromatic heterocycles. The van der Waals surface area contributed by atoms with Crippen LogP contribution in [-0.2, 0) is 4.79 Å². The quantitative estimate of drug-likeness (QED) is 0.575. The highest BCUT2D eigenvalue weighted by Crippen LogP contribution is 2.51. The molecule has 3 aromatic rings. The summed E-state index contributed by atoms with van der Waals surface area (Å²) in [5.74, 6) is 2.40. The molecule has 0 radical (unpaired) electrons. The van der Waals surface area contributed by atoms with E-state index in [1.807, 2.05) is 29.8 Å². The fraction of sp³-hybridized carbons (Fsp3) is 0.333. The second-order valence-corrected chi connectivity index (χ2v) is 10.1. The van der Waals surface area contributed by atoms with E-state index in [9.17, 15) is 4.79 Å². The lowest BCUT2D eigenvalue weighted by Gasteiger charge is -2.38. The highest BCUT2D eigenvalue weighted by atomic mass is 16.7. The van der Waals surface area contributed by atoms with Gasteiger partial charge in [-0.3, -0.25) is 4.79 Å². The molecule has 6 heteroatoms. The van der Waals surface area contributed by atoms with Crippen molar-refractivity contribution in [3.05, 3.63) is 76.1 Å². The van der Waals surface area contributed by atoms with Gasteiger partial charge in [-0.2, -0.15) is 5.10 Å². The fourth-order valence-electron chi connectivity index (χ4n) is 5.37. The lowest BCUT2D eigenvalue weighted by atomic mass is 9.69. The Hall–Kier alpha value is -3.54. The lowest BCUT2D eigenvalue weighted by Crippen LogP contribution is -2.34. The van der Waals surface area contributed by atoms with Gasteiger partial charge in [0.15, 0.2) is 17.3 Å². The van der Waals surface area contributed by atoms with E-state index in [1.54, 1.807) is 0 Å². The van der Waals surface area contributed by atoms with E-state index in [2.05, 4.69) is 50.4 Å². The van der Waals surface area contributed by atoms with E-state index in [1.165, 1.54) is 5.56 Å². The van der Waals surface area contributed by atoms with Gasteiger partial charge in [0.25, 0.3) is 0 Å². The highest BCUT2D eigenvalue weighted by Gasteiger charge is 2.43. The molecule has 0 fully saturated rings. The number of ether oxygens (including phenoxy) is 2. The van der Waals surface area contributed by atoms with Crippen molar-refractivity contribution in [1.29, 1.82) is 0 Å². The van der Waals surface area contributed by atoms with Crippen LogP contribution in [-0.4, -0.2) is 22.4 Å². The van der Waals surface area contributed by atoms with Gasteiger partial charge >= 0.3 is 0 Å². The molecule has 3 heterocycles. The number of hydrogen-bond donors (Lipinski definition) is 1. The van der Waals surface area contributed by atoms with Crippen LogP contribution in [0, 0.1) is 19.3 Å². The number of aryl methyl sites for hydroxylation is 2. The van der Waals surface area contributed by atoms with Gasteiger partial charge in [0, 0.05) is 29.2 Å². The SMILES string of the molecule is Cc1ccc(-n2nc(C)c3c2NC2=C(C(=O)CC(C)(C)C2)C3c2ccc3c(c2)OCO3)cc1. The van der Waals surface area contributed by atoms with Crippen LogP contribution >= 0.6 is 0 Å². The van der Waals surface area contributed by atoms with Gasteiger partial charge in [-0.1, -0.05) is 37.6 Å². The van der Waals surface area contributed by atoms with Crippen molar-refractivity contribution in [1.82, 2.24) is 9.78 Å². The molecule has 2 aliphatic heterocycles. The Kier molecular flexibility index (Phi) is 4.25. The Bertz CT molecular complexity index is 1330. The fourth-order valence-corrected chi connectivity index (χ4v) is 5.37. The summed E-state index contributed by atoms with van der Waals surface area (Å²) in [7, 11) is 0. The first-order chi connectivity index (χ1) is 15.8. The van der Waals surface area contributed by atoms with E-state index < -0.39 is 0 Å². The van der Waals surface area contributed by atoms with E-state index >= 15 is 0 Å². The number of benzene rings is 2. The first-order valence-corrected chi connectivity index (χ1v) is 11.4. The summed E-state index contributed by atoms with van der Waals surface area (Å²) in [5.41, 5.74) is 6.93. The normalized spacial score (nSPS) is 20.4. The standard InChI is InChI=1S/C27H27N3O3/c1-15-5-8-18(9-6-15)30-26-23(16(2)29-30)24(17-7-10-21-22(11-17)33-14-32-21)25-19(28-26)12-27(3,4)13-20(25)31/h5-11,24,28H,12-14H2,1-4H3. The average Bonchev–Trinajstić information content (AvgIpc) is 3.36. The predicted molar refractivity (Wildman–Crippen MR) is 126 cm³/mol. The van der Waals surface area contributed by atoms with Crippen LogP contribution < -0.4 is 14.8 Å². The number of rotatable bonds is 2. The first-order valence-electron chi connectivity index (χ1n) is 11.4. The van der Waals surface area contributed by atoms with E-state index in [0.29, 0.717) is 6.42 Å². The summed E-state index contributed by atoms with van der Waals surface area (Å²) in [5, 5.41) is 8.56. The predicted octanol–water partition coefficient (Wildman–Crippen LogP) is 5.42. The minimum atomic E-state index is -0.200. The topological polar surface area (TPSA) is 65.4 Å². The molecular formula is C27H27N3O3. The lowest BCUT2D eigenvalue weighted by molar-refractivity contribution is -0.118. The van der Waals surface area contributed by atoms with Gasteiger partial charge in [0.1, 0.15) is 5.82 Å². The van der Waals surface area contributed by atoms with Crippen LogP contribution in [0.1, 0.15) is 55.0 Å². The Morgan fingerprint density at radius 3 is 2.58 bits per heavy atom. The molecule has 0 saturated heterocycles. The number of carbonyl (C=O) groups excluding carboxylic acids is 1. The molecule has 1 aliphatic carbocycles. The molecule has 6 rings (SSSR count). The zero-order valence-corrected chi connectivity index (χ0v) is 19.4. The molecule has 0 amide bonds. The maximum absolute atomic E-state index is 13.5. The van der Waals surface area contributed by atoms with Crippen molar-refractivity contribution in [2.45, 2.75) is 46.5 Å². The molecule has 1 unspecified atom stereocenters. The summed E-state index contributed by atoms with van der Waals surface area (Å²) in [6.07, 6.45) is 1.35. The number of hydrogen-bond acceptors (Lipinski definition) is 5. The molecular weight excluding hydrogens is 414 g/mol. The zero-order valence-electron chi connectivity index (χ0n) is 19.4. The zero-order chi connectivity index (χ0) is 22.9. The molecule has 33 heavy (non-hydrogen) atoms. The number of aromatic nitrogens is 2. The van der Waals surface area contributed by atoms with Crippen molar-refractivity contribution in [2.75, 3.05) is 12.1 Å². The molecule has 2 aromatic carbocycles. The van der Waals surface area contributed by atoms with Gasteiger partial charge in [0.2, 0.25) is 6.79 Å². The van der Waals surface area contributed by atoms with Gasteiger partial charge in [-0.15, -0.1) is 0 Å². The smallest absolute Gasteiger partial charge is 0.231 e. The molecule has 3 aliphatic rings. The molecule has 0 saturated carbocycles. The van der Waals surface area contributed by atoms with Crippen LogP contribution in [0.15, 0.2) is 53.7 Å². The van der Waals surface area contributed by atoms with Crippen LogP contribution in [0.4, 0.5) is 5.82 Å². The summed E-state index contributed by atoms with van der Waals surface area (Å²) in [4.78, 5) is 13.5. The Morgan fingerprint density at radius 2 is 1.79 bits per heavy atom. The average molecular weight is 442 g/mol. The van der Waals surface area contributed by atoms with E-state index in [0.717, 1.165) is 57.5 Å². The Morgan fingerprint density at radius 1 is 1.03 bits per heavy atom. The number of carbonyl (C=O) groups is 1. The molecule has 1 N–H and O–H groups in total. The molecule has 0 spiro atoms. The third-order valence-corrected chi connectivity index (χ3v) is 6.88. The van der Waals surface area contributed by atoms with Crippen molar-refractivity contribution in [3.63, 3.8) is 0 Å². The van der Waals surface area contributed by atoms with Crippen LogP contribution in [0.2, 0.25) is 0 Å². The first kappa shape index (κ1) is 20.1. The molecule has 1 atom stereocenters. The Labute approximate surface area is 193 Å². The molecule has 6 nitrogen and oxygen atoms in total. The van der Waals surface area contributed by atoms with Crippen molar-refractivity contribution in [2.24, 2.45) is 5.41 Å². The number of nitrogens with zero attached hydrogens (tertiary/aromatic N) is 2. The van der Waals surface area contributed by atoms with Crippen molar-refractivity contribution in [3.8, 4) is 17.2 Å². The number of nitrogens with one attached hydrogen (secondary N) is 1. The number of ketones is 1. The molecule has 0 bridgehead atoms. The van der Waals surface area contributed by atoms with Crippen molar-refractivity contribution >= 4 is 11.6 Å². The van der Waals surface area contributed by atoms with E-state index in [-0.39, 0.29) is 23.9 Å². The van der Waals surface area contributed by atoms with Gasteiger partial charge in [0.05, 0.1) is 11.4 Å². The minimum Gasteiger partial charge on any atom is -0.454 e. The van der Waals surface area contributed by atoms with Crippen LogP contribution in [0.25, 0.3) is 5.69 Å². The second kappa shape index (κ2) is 6.98. The molecule has 168 valence electrons.